The van der Waals surface area contributed by atoms with Gasteiger partial charge in [0.1, 0.15) is 11.8 Å². The normalized spacial score (nSPS) is 9.78. The van der Waals surface area contributed by atoms with Crippen LogP contribution in [-0.4, -0.2) is 21.8 Å². The number of nitrogens with one attached hydrogen (secondary N) is 1. The van der Waals surface area contributed by atoms with Crippen molar-refractivity contribution in [1.82, 2.24) is 14.8 Å². The average Bonchev–Trinajstić information content (AvgIpc) is 2.41. The lowest BCUT2D eigenvalue weighted by atomic mass is 10.2. The zero-order valence-corrected chi connectivity index (χ0v) is 9.79. The topological polar surface area (TPSA) is 83.6 Å². The molecule has 1 N–H and O–H groups in total. The van der Waals surface area contributed by atoms with E-state index in [1.54, 1.807) is 31.6 Å². The molecule has 90 valence electrons. The van der Waals surface area contributed by atoms with Crippen molar-refractivity contribution in [2.24, 2.45) is 0 Å². The van der Waals surface area contributed by atoms with Crippen LogP contribution in [-0.2, 0) is 6.54 Å². The molecule has 0 aliphatic carbocycles. The van der Waals surface area contributed by atoms with E-state index in [0.717, 1.165) is 5.56 Å². The minimum Gasteiger partial charge on any atom is -0.387 e. The molecule has 0 amide bonds. The molecule has 2 aromatic rings. The highest BCUT2D eigenvalue weighted by Gasteiger charge is 2.02. The highest BCUT2D eigenvalue weighted by molar-refractivity contribution is 5.37. The number of nitriles is 1. The lowest BCUT2D eigenvalue weighted by Crippen LogP contribution is -2.22. The molecule has 0 unspecified atom stereocenters. The predicted molar refractivity (Wildman–Crippen MR) is 66.1 cm³/mol. The number of anilines is 1. The van der Waals surface area contributed by atoms with Crippen LogP contribution in [0.2, 0.25) is 0 Å². The van der Waals surface area contributed by atoms with Crippen molar-refractivity contribution in [1.29, 1.82) is 5.26 Å². The molecule has 0 aromatic carbocycles. The zero-order chi connectivity index (χ0) is 13.0. The van der Waals surface area contributed by atoms with Gasteiger partial charge >= 0.3 is 0 Å². The van der Waals surface area contributed by atoms with Crippen LogP contribution < -0.4 is 10.9 Å². The lowest BCUT2D eigenvalue weighted by molar-refractivity contribution is 0.639. The summed E-state index contributed by atoms with van der Waals surface area (Å²) in [5, 5.41) is 15.6. The molecule has 0 fully saturated rings. The SMILES string of the molecule is CNc1cnn(Cc2ccnc(C#N)c2)c(=O)c1. The van der Waals surface area contributed by atoms with Gasteiger partial charge in [-0.15, -0.1) is 0 Å². The molecule has 18 heavy (non-hydrogen) atoms. The van der Waals surface area contributed by atoms with E-state index in [1.165, 1.54) is 10.7 Å². The van der Waals surface area contributed by atoms with Gasteiger partial charge in [0, 0.05) is 19.3 Å². The third-order valence-electron chi connectivity index (χ3n) is 2.43. The first-order valence-electron chi connectivity index (χ1n) is 5.33. The summed E-state index contributed by atoms with van der Waals surface area (Å²) in [6, 6.07) is 6.82. The monoisotopic (exact) mass is 241 g/mol. The molecule has 2 rings (SSSR count). The minimum absolute atomic E-state index is 0.197. The van der Waals surface area contributed by atoms with Crippen LogP contribution >= 0.6 is 0 Å². The summed E-state index contributed by atoms with van der Waals surface area (Å²) < 4.78 is 1.33. The quantitative estimate of drug-likeness (QED) is 0.850. The number of nitrogens with zero attached hydrogens (tertiary/aromatic N) is 4. The van der Waals surface area contributed by atoms with E-state index in [4.69, 9.17) is 5.26 Å². The van der Waals surface area contributed by atoms with Crippen molar-refractivity contribution in [2.75, 3.05) is 12.4 Å². The predicted octanol–water partition coefficient (Wildman–Crippen LogP) is 0.600. The maximum Gasteiger partial charge on any atom is 0.269 e. The molecule has 0 bridgehead atoms. The molecular weight excluding hydrogens is 230 g/mol. The van der Waals surface area contributed by atoms with Crippen molar-refractivity contribution in [2.45, 2.75) is 6.54 Å². The van der Waals surface area contributed by atoms with Crippen molar-refractivity contribution >= 4 is 5.69 Å². The number of hydrogen-bond acceptors (Lipinski definition) is 5. The van der Waals surface area contributed by atoms with E-state index in [0.29, 0.717) is 17.9 Å². The molecular formula is C12H11N5O. The number of hydrogen-bond donors (Lipinski definition) is 1. The van der Waals surface area contributed by atoms with Gasteiger partial charge in [-0.3, -0.25) is 4.79 Å². The van der Waals surface area contributed by atoms with Crippen molar-refractivity contribution in [3.8, 4) is 6.07 Å². The Hall–Kier alpha value is -2.68. The maximum absolute atomic E-state index is 11.7. The van der Waals surface area contributed by atoms with E-state index < -0.39 is 0 Å². The molecule has 6 heteroatoms. The third kappa shape index (κ3) is 2.52. The summed E-state index contributed by atoms with van der Waals surface area (Å²) in [5.74, 6) is 0. The van der Waals surface area contributed by atoms with Crippen LogP contribution in [0, 0.1) is 11.3 Å². The van der Waals surface area contributed by atoms with E-state index in [-0.39, 0.29) is 5.56 Å². The van der Waals surface area contributed by atoms with Crippen molar-refractivity contribution in [3.63, 3.8) is 0 Å². The first-order valence-corrected chi connectivity index (χ1v) is 5.33. The Bertz CT molecular complexity index is 656. The van der Waals surface area contributed by atoms with Gasteiger partial charge in [0.05, 0.1) is 18.4 Å². The minimum atomic E-state index is -0.197. The first kappa shape index (κ1) is 11.8. The Kier molecular flexibility index (Phi) is 3.34. The summed E-state index contributed by atoms with van der Waals surface area (Å²) in [4.78, 5) is 15.6. The Labute approximate surface area is 104 Å². The standard InChI is InChI=1S/C12H11N5O/c1-14-11-5-12(18)17(16-7-11)8-9-2-3-15-10(4-9)6-13/h2-5,7,14H,8H2,1H3. The molecule has 0 saturated carbocycles. The van der Waals surface area contributed by atoms with Gasteiger partial charge in [0.15, 0.2) is 0 Å². The summed E-state index contributed by atoms with van der Waals surface area (Å²) in [6.07, 6.45) is 3.12. The van der Waals surface area contributed by atoms with Gasteiger partial charge in [-0.2, -0.15) is 10.4 Å². The molecule has 6 nitrogen and oxygen atoms in total. The van der Waals surface area contributed by atoms with Gasteiger partial charge < -0.3 is 5.32 Å². The number of rotatable bonds is 3. The molecule has 0 atom stereocenters. The Morgan fingerprint density at radius 1 is 1.50 bits per heavy atom. The van der Waals surface area contributed by atoms with Crippen LogP contribution in [0.25, 0.3) is 0 Å². The summed E-state index contributed by atoms with van der Waals surface area (Å²) in [6.45, 7) is 0.319. The first-order chi connectivity index (χ1) is 8.72. The molecule has 2 heterocycles. The van der Waals surface area contributed by atoms with Gasteiger partial charge in [-0.25, -0.2) is 9.67 Å². The number of aromatic nitrogens is 3. The molecule has 0 aliphatic heterocycles. The van der Waals surface area contributed by atoms with Crippen LogP contribution in [0.4, 0.5) is 5.69 Å². The smallest absolute Gasteiger partial charge is 0.269 e. The fourth-order valence-corrected chi connectivity index (χ4v) is 1.50. The molecule has 0 aliphatic rings. The van der Waals surface area contributed by atoms with Crippen LogP contribution in [0.15, 0.2) is 35.4 Å². The highest BCUT2D eigenvalue weighted by atomic mass is 16.1. The van der Waals surface area contributed by atoms with Crippen molar-refractivity contribution in [3.05, 3.63) is 52.2 Å². The van der Waals surface area contributed by atoms with Crippen LogP contribution in [0.3, 0.4) is 0 Å². The highest BCUT2D eigenvalue weighted by Crippen LogP contribution is 2.03. The lowest BCUT2D eigenvalue weighted by Gasteiger charge is -2.05. The second kappa shape index (κ2) is 5.10. The van der Waals surface area contributed by atoms with Gasteiger partial charge in [-0.1, -0.05) is 0 Å². The largest absolute Gasteiger partial charge is 0.387 e. The third-order valence-corrected chi connectivity index (χ3v) is 2.43. The Balaban J connectivity index is 2.29. The van der Waals surface area contributed by atoms with Crippen LogP contribution in [0.1, 0.15) is 11.3 Å². The maximum atomic E-state index is 11.7. The Morgan fingerprint density at radius 3 is 3.00 bits per heavy atom. The van der Waals surface area contributed by atoms with E-state index in [1.807, 2.05) is 6.07 Å². The second-order valence-electron chi connectivity index (χ2n) is 3.65. The van der Waals surface area contributed by atoms with E-state index >= 15 is 0 Å². The summed E-state index contributed by atoms with van der Waals surface area (Å²) in [5.41, 5.74) is 1.61. The zero-order valence-electron chi connectivity index (χ0n) is 9.79. The average molecular weight is 241 g/mol. The summed E-state index contributed by atoms with van der Waals surface area (Å²) in [7, 11) is 1.73. The Morgan fingerprint density at radius 2 is 2.33 bits per heavy atom. The van der Waals surface area contributed by atoms with Gasteiger partial charge in [0.25, 0.3) is 5.56 Å². The van der Waals surface area contributed by atoms with E-state index in [9.17, 15) is 4.79 Å². The van der Waals surface area contributed by atoms with Gasteiger partial charge in [0.2, 0.25) is 0 Å². The molecule has 0 saturated heterocycles. The molecule has 0 spiro atoms. The van der Waals surface area contributed by atoms with Gasteiger partial charge in [-0.05, 0) is 17.7 Å². The molecule has 0 radical (unpaired) electrons. The summed E-state index contributed by atoms with van der Waals surface area (Å²) >= 11 is 0. The molecule has 2 aromatic heterocycles. The number of pyridine rings is 1. The van der Waals surface area contributed by atoms with E-state index in [2.05, 4.69) is 15.4 Å². The fourth-order valence-electron chi connectivity index (χ4n) is 1.50. The van der Waals surface area contributed by atoms with Crippen LogP contribution in [0.5, 0.6) is 0 Å². The second-order valence-corrected chi connectivity index (χ2v) is 3.65. The van der Waals surface area contributed by atoms with Crippen molar-refractivity contribution < 1.29 is 0 Å². The fraction of sp³-hybridized carbons (Fsp3) is 0.167.